The van der Waals surface area contributed by atoms with Crippen LogP contribution in [0.25, 0.3) is 16.3 Å². The summed E-state index contributed by atoms with van der Waals surface area (Å²) in [6.45, 7) is 0. The minimum Gasteiger partial charge on any atom is -0.373 e. The third-order valence-electron chi connectivity index (χ3n) is 6.81. The molecule has 1 N–H and O–H groups in total. The number of anilines is 1. The second-order valence-electron chi connectivity index (χ2n) is 8.64. The summed E-state index contributed by atoms with van der Waals surface area (Å²) in [4.78, 5) is 13.6. The van der Waals surface area contributed by atoms with Crippen molar-refractivity contribution in [2.24, 2.45) is 0 Å². The van der Waals surface area contributed by atoms with E-state index in [1.54, 1.807) is 12.1 Å². The Morgan fingerprint density at radius 1 is 0.781 bits per heavy atom. The molecule has 156 valence electrons. The Morgan fingerprint density at radius 3 is 2.38 bits per heavy atom. The molecular weight excluding hydrogens is 397 g/mol. The van der Waals surface area contributed by atoms with Crippen molar-refractivity contribution in [1.82, 2.24) is 0 Å². The number of benzene rings is 4. The lowest BCUT2D eigenvalue weighted by molar-refractivity contribution is -0.116. The highest BCUT2D eigenvalue weighted by molar-refractivity contribution is 6.13. The monoisotopic (exact) mass is 419 g/mol. The number of halogens is 1. The third kappa shape index (κ3) is 2.96. The van der Waals surface area contributed by atoms with Gasteiger partial charge in [-0.15, -0.1) is 0 Å². The number of carbonyl (C=O) groups is 1. The van der Waals surface area contributed by atoms with E-state index < -0.39 is 6.04 Å². The van der Waals surface area contributed by atoms with Crippen LogP contribution >= 0.6 is 0 Å². The van der Waals surface area contributed by atoms with E-state index in [1.807, 2.05) is 36.4 Å². The molecule has 1 heterocycles. The van der Waals surface area contributed by atoms with E-state index in [2.05, 4.69) is 41.7 Å². The molecule has 2 nitrogen and oxygen atoms in total. The van der Waals surface area contributed by atoms with Crippen LogP contribution in [-0.4, -0.2) is 5.78 Å². The van der Waals surface area contributed by atoms with E-state index in [4.69, 9.17) is 0 Å². The van der Waals surface area contributed by atoms with Crippen molar-refractivity contribution < 1.29 is 9.18 Å². The van der Waals surface area contributed by atoms with Gasteiger partial charge in [-0.3, -0.25) is 4.79 Å². The van der Waals surface area contributed by atoms with E-state index in [0.717, 1.165) is 34.0 Å². The van der Waals surface area contributed by atoms with E-state index in [1.165, 1.54) is 11.6 Å². The van der Waals surface area contributed by atoms with Gasteiger partial charge in [0, 0.05) is 28.8 Å². The summed E-state index contributed by atoms with van der Waals surface area (Å²) >= 11 is 0. The smallest absolute Gasteiger partial charge is 0.162 e. The summed E-state index contributed by atoms with van der Waals surface area (Å²) in [5.41, 5.74) is 5.50. The highest BCUT2D eigenvalue weighted by Crippen LogP contribution is 2.51. The van der Waals surface area contributed by atoms with Gasteiger partial charge in [0.1, 0.15) is 5.82 Å². The fourth-order valence-corrected chi connectivity index (χ4v) is 5.35. The number of carbonyl (C=O) groups excluding carboxylic acids is 1. The summed E-state index contributed by atoms with van der Waals surface area (Å²) in [6, 6.07) is 28.9. The van der Waals surface area contributed by atoms with E-state index in [0.29, 0.717) is 17.6 Å². The second-order valence-corrected chi connectivity index (χ2v) is 8.64. The van der Waals surface area contributed by atoms with Crippen LogP contribution in [0.5, 0.6) is 0 Å². The molecule has 1 aliphatic carbocycles. The number of ketones is 1. The zero-order valence-corrected chi connectivity index (χ0v) is 17.5. The van der Waals surface area contributed by atoms with Crippen molar-refractivity contribution in [3.8, 4) is 0 Å². The SMILES string of the molecule is O=C1C[C@H](c2ccccc2)CC2=C1[C@H](c1ccccc1F)Nc1ccc3ccccc3c12. The lowest BCUT2D eigenvalue weighted by atomic mass is 9.71. The molecule has 0 bridgehead atoms. The Hall–Kier alpha value is -3.72. The van der Waals surface area contributed by atoms with Gasteiger partial charge < -0.3 is 5.32 Å². The average Bonchev–Trinajstić information content (AvgIpc) is 2.84. The average molecular weight is 419 g/mol. The van der Waals surface area contributed by atoms with Crippen molar-refractivity contribution in [3.05, 3.63) is 119 Å². The van der Waals surface area contributed by atoms with Gasteiger partial charge in [0.2, 0.25) is 0 Å². The van der Waals surface area contributed by atoms with Crippen molar-refractivity contribution in [3.63, 3.8) is 0 Å². The van der Waals surface area contributed by atoms with Gasteiger partial charge in [-0.05, 0) is 46.4 Å². The quantitative estimate of drug-likeness (QED) is 0.377. The van der Waals surface area contributed by atoms with Crippen LogP contribution in [0.1, 0.15) is 41.5 Å². The maximum Gasteiger partial charge on any atom is 0.162 e. The third-order valence-corrected chi connectivity index (χ3v) is 6.81. The number of hydrogen-bond donors (Lipinski definition) is 1. The molecule has 4 aromatic carbocycles. The van der Waals surface area contributed by atoms with Gasteiger partial charge in [-0.25, -0.2) is 4.39 Å². The predicted molar refractivity (Wildman–Crippen MR) is 127 cm³/mol. The molecule has 0 saturated heterocycles. The zero-order valence-electron chi connectivity index (χ0n) is 17.5. The number of fused-ring (bicyclic) bond motifs is 4. The van der Waals surface area contributed by atoms with Crippen molar-refractivity contribution in [2.75, 3.05) is 5.32 Å². The lowest BCUT2D eigenvalue weighted by Gasteiger charge is -2.37. The fourth-order valence-electron chi connectivity index (χ4n) is 5.35. The number of rotatable bonds is 2. The molecular formula is C29H22FNO. The highest BCUT2D eigenvalue weighted by Gasteiger charge is 2.39. The molecule has 0 amide bonds. The van der Waals surface area contributed by atoms with E-state index in [9.17, 15) is 9.18 Å². The summed E-state index contributed by atoms with van der Waals surface area (Å²) in [7, 11) is 0. The molecule has 2 aliphatic rings. The fraction of sp³-hybridized carbons (Fsp3) is 0.138. The maximum atomic E-state index is 14.9. The first-order valence-corrected chi connectivity index (χ1v) is 11.0. The first-order chi connectivity index (χ1) is 15.7. The van der Waals surface area contributed by atoms with Crippen LogP contribution in [0.3, 0.4) is 0 Å². The number of allylic oxidation sites excluding steroid dienone is 1. The molecule has 6 rings (SSSR count). The Balaban J connectivity index is 1.60. The molecule has 0 fully saturated rings. The summed E-state index contributed by atoms with van der Waals surface area (Å²) < 4.78 is 14.9. The first-order valence-electron chi connectivity index (χ1n) is 11.0. The molecule has 4 aromatic rings. The van der Waals surface area contributed by atoms with Gasteiger partial charge in [0.25, 0.3) is 0 Å². The Labute approximate surface area is 186 Å². The molecule has 0 spiro atoms. The predicted octanol–water partition coefficient (Wildman–Crippen LogP) is 7.05. The number of nitrogens with one attached hydrogen (secondary N) is 1. The molecule has 2 atom stereocenters. The highest BCUT2D eigenvalue weighted by atomic mass is 19.1. The normalized spacial score (nSPS) is 20.0. The summed E-state index contributed by atoms with van der Waals surface area (Å²) in [6.07, 6.45) is 1.20. The van der Waals surface area contributed by atoms with Crippen LogP contribution in [0.2, 0.25) is 0 Å². The van der Waals surface area contributed by atoms with Gasteiger partial charge in [0.05, 0.1) is 6.04 Å². The van der Waals surface area contributed by atoms with Crippen molar-refractivity contribution in [1.29, 1.82) is 0 Å². The maximum absolute atomic E-state index is 14.9. The molecule has 0 saturated carbocycles. The molecule has 0 radical (unpaired) electrons. The topological polar surface area (TPSA) is 29.1 Å². The molecule has 3 heteroatoms. The molecule has 0 unspecified atom stereocenters. The van der Waals surface area contributed by atoms with Gasteiger partial charge in [-0.2, -0.15) is 0 Å². The van der Waals surface area contributed by atoms with Gasteiger partial charge in [-0.1, -0.05) is 78.9 Å². The van der Waals surface area contributed by atoms with Crippen LogP contribution in [-0.2, 0) is 4.79 Å². The van der Waals surface area contributed by atoms with E-state index >= 15 is 0 Å². The summed E-state index contributed by atoms with van der Waals surface area (Å²) in [5, 5.41) is 5.77. The second kappa shape index (κ2) is 7.45. The first kappa shape index (κ1) is 19.0. The number of Topliss-reactive ketones (excluding diaryl/α,β-unsaturated/α-hetero) is 1. The van der Waals surface area contributed by atoms with Crippen LogP contribution in [0, 0.1) is 5.82 Å². The van der Waals surface area contributed by atoms with Crippen molar-refractivity contribution >= 4 is 27.8 Å². The van der Waals surface area contributed by atoms with Gasteiger partial charge in [0.15, 0.2) is 5.78 Å². The van der Waals surface area contributed by atoms with Crippen LogP contribution in [0.4, 0.5) is 10.1 Å². The van der Waals surface area contributed by atoms with Crippen LogP contribution in [0.15, 0.2) is 96.6 Å². The zero-order chi connectivity index (χ0) is 21.7. The minimum atomic E-state index is -0.482. The van der Waals surface area contributed by atoms with E-state index in [-0.39, 0.29) is 17.5 Å². The molecule has 1 aliphatic heterocycles. The van der Waals surface area contributed by atoms with Gasteiger partial charge >= 0.3 is 0 Å². The minimum absolute atomic E-state index is 0.0967. The largest absolute Gasteiger partial charge is 0.373 e. The Kier molecular flexibility index (Phi) is 4.43. The standard InChI is InChI=1S/C29H22FNO/c30-24-13-7-6-12-22(24)29-28-23(16-20(17-26(28)32)18-8-2-1-3-9-18)27-21-11-5-4-10-19(21)14-15-25(27)31-29/h1-15,20,29,31H,16-17H2/t20-,29+/m1/s1. The Bertz CT molecular complexity index is 1390. The summed E-state index contributed by atoms with van der Waals surface area (Å²) in [5.74, 6) is -0.0767. The number of hydrogen-bond acceptors (Lipinski definition) is 2. The lowest BCUT2D eigenvalue weighted by Crippen LogP contribution is -2.30. The Morgan fingerprint density at radius 2 is 1.53 bits per heavy atom. The molecule has 0 aromatic heterocycles. The van der Waals surface area contributed by atoms with Crippen LogP contribution < -0.4 is 5.32 Å². The molecule has 32 heavy (non-hydrogen) atoms. The van der Waals surface area contributed by atoms with Crippen molar-refractivity contribution in [2.45, 2.75) is 24.8 Å².